The van der Waals surface area contributed by atoms with Crippen LogP contribution in [0, 0.1) is 5.82 Å². The molecule has 3 heteroatoms. The first-order valence-electron chi connectivity index (χ1n) is 9.58. The summed E-state index contributed by atoms with van der Waals surface area (Å²) in [6, 6.07) is 24.2. The molecule has 2 nitrogen and oxygen atoms in total. The van der Waals surface area contributed by atoms with Crippen molar-refractivity contribution in [3.8, 4) is 0 Å². The third-order valence-electron chi connectivity index (χ3n) is 5.84. The molecule has 0 aliphatic carbocycles. The van der Waals surface area contributed by atoms with E-state index < -0.39 is 5.54 Å². The molecule has 28 heavy (non-hydrogen) atoms. The summed E-state index contributed by atoms with van der Waals surface area (Å²) < 4.78 is 13.5. The molecule has 0 aromatic heterocycles. The molecule has 1 aliphatic heterocycles. The number of halogens is 1. The number of fused-ring (bicyclic) bond motifs is 1. The Hall–Kier alpha value is -2.94. The Morgan fingerprint density at radius 3 is 2.14 bits per heavy atom. The predicted octanol–water partition coefficient (Wildman–Crippen LogP) is 5.96. The van der Waals surface area contributed by atoms with Gasteiger partial charge in [0.2, 0.25) is 0 Å². The summed E-state index contributed by atoms with van der Waals surface area (Å²) in [5.74, 6) is -0.240. The van der Waals surface area contributed by atoms with Crippen LogP contribution in [0.25, 0.3) is 0 Å². The quantitative estimate of drug-likeness (QED) is 0.543. The normalized spacial score (nSPS) is 20.5. The fraction of sp³-hybridized carbons (Fsp3) is 0.240. The van der Waals surface area contributed by atoms with Gasteiger partial charge in [0, 0.05) is 22.2 Å². The van der Waals surface area contributed by atoms with Crippen molar-refractivity contribution in [2.45, 2.75) is 38.1 Å². The van der Waals surface area contributed by atoms with E-state index in [-0.39, 0.29) is 17.1 Å². The molecule has 0 N–H and O–H groups in total. The van der Waals surface area contributed by atoms with Gasteiger partial charge in [-0.15, -0.1) is 0 Å². The van der Waals surface area contributed by atoms with Gasteiger partial charge in [-0.25, -0.2) is 4.39 Å². The number of benzene rings is 3. The maximum absolute atomic E-state index is 13.5. The molecule has 3 aromatic rings. The van der Waals surface area contributed by atoms with E-state index in [2.05, 4.69) is 26.8 Å². The van der Waals surface area contributed by atoms with E-state index in [1.807, 2.05) is 65.6 Å². The second-order valence-corrected chi connectivity index (χ2v) is 8.35. The van der Waals surface area contributed by atoms with E-state index in [0.717, 1.165) is 23.2 Å². The number of amides is 1. The summed E-state index contributed by atoms with van der Waals surface area (Å²) in [6.07, 6.45) is 0.737. The Bertz CT molecular complexity index is 1010. The highest BCUT2D eigenvalue weighted by atomic mass is 19.1. The van der Waals surface area contributed by atoms with Crippen LogP contribution in [0.2, 0.25) is 0 Å². The molecule has 142 valence electrons. The molecule has 1 atom stereocenters. The van der Waals surface area contributed by atoms with Gasteiger partial charge in [-0.2, -0.15) is 0 Å². The van der Waals surface area contributed by atoms with Crippen molar-refractivity contribution in [1.29, 1.82) is 0 Å². The van der Waals surface area contributed by atoms with Gasteiger partial charge in [-0.3, -0.25) is 4.79 Å². The molecule has 0 radical (unpaired) electrons. The Balaban J connectivity index is 1.89. The SMILES string of the molecule is CC1(C)C[C@](C)(c2ccc(F)cc2)c2ccccc2N1C(=O)c1ccccc1. The third kappa shape index (κ3) is 2.91. The second-order valence-electron chi connectivity index (χ2n) is 8.35. The summed E-state index contributed by atoms with van der Waals surface area (Å²) in [6.45, 7) is 6.39. The van der Waals surface area contributed by atoms with Crippen LogP contribution in [-0.4, -0.2) is 11.4 Å². The van der Waals surface area contributed by atoms with Crippen LogP contribution in [0.5, 0.6) is 0 Å². The monoisotopic (exact) mass is 373 g/mol. The Morgan fingerprint density at radius 2 is 1.46 bits per heavy atom. The van der Waals surface area contributed by atoms with Crippen LogP contribution < -0.4 is 4.90 Å². The standard InChI is InChI=1S/C25H24FNO/c1-24(2)17-25(3,19-13-15-20(26)16-14-19)21-11-7-8-12-22(21)27(24)23(28)18-9-5-4-6-10-18/h4-16H,17H2,1-3H3/t25-/m1/s1. The molecule has 1 heterocycles. The molecule has 1 amide bonds. The van der Waals surface area contributed by atoms with Gasteiger partial charge in [-0.1, -0.05) is 55.5 Å². The van der Waals surface area contributed by atoms with Gasteiger partial charge in [-0.05, 0) is 61.7 Å². The van der Waals surface area contributed by atoms with Crippen LogP contribution in [0.1, 0.15) is 48.7 Å². The van der Waals surface area contributed by atoms with Crippen molar-refractivity contribution in [2.75, 3.05) is 4.90 Å². The van der Waals surface area contributed by atoms with Gasteiger partial charge in [0.1, 0.15) is 5.82 Å². The zero-order valence-corrected chi connectivity index (χ0v) is 16.4. The topological polar surface area (TPSA) is 20.3 Å². The average Bonchev–Trinajstić information content (AvgIpc) is 2.68. The fourth-order valence-corrected chi connectivity index (χ4v) is 4.67. The van der Waals surface area contributed by atoms with E-state index in [1.165, 1.54) is 12.1 Å². The fourth-order valence-electron chi connectivity index (χ4n) is 4.67. The van der Waals surface area contributed by atoms with Crippen LogP contribution >= 0.6 is 0 Å². The van der Waals surface area contributed by atoms with Gasteiger partial charge >= 0.3 is 0 Å². The van der Waals surface area contributed by atoms with E-state index >= 15 is 0 Å². The zero-order chi connectivity index (χ0) is 19.9. The minimum Gasteiger partial charge on any atom is -0.302 e. The predicted molar refractivity (Wildman–Crippen MR) is 111 cm³/mol. The molecule has 0 fully saturated rings. The minimum atomic E-state index is -0.412. The molecule has 0 unspecified atom stereocenters. The van der Waals surface area contributed by atoms with E-state index in [0.29, 0.717) is 5.56 Å². The molecule has 0 saturated heterocycles. The first-order valence-corrected chi connectivity index (χ1v) is 9.58. The number of hydrogen-bond donors (Lipinski definition) is 0. The van der Waals surface area contributed by atoms with E-state index in [4.69, 9.17) is 0 Å². The maximum Gasteiger partial charge on any atom is 0.258 e. The Labute approximate surface area is 165 Å². The molecular formula is C25H24FNO. The van der Waals surface area contributed by atoms with Crippen molar-refractivity contribution in [3.63, 3.8) is 0 Å². The van der Waals surface area contributed by atoms with E-state index in [9.17, 15) is 9.18 Å². The molecule has 3 aromatic carbocycles. The summed E-state index contributed by atoms with van der Waals surface area (Å²) in [5.41, 5.74) is 3.01. The number of nitrogens with zero attached hydrogens (tertiary/aromatic N) is 1. The number of carbonyl (C=O) groups is 1. The Kier molecular flexibility index (Phi) is 4.34. The first-order chi connectivity index (χ1) is 13.3. The first kappa shape index (κ1) is 18.4. The van der Waals surface area contributed by atoms with E-state index in [1.54, 1.807) is 0 Å². The van der Waals surface area contributed by atoms with Gasteiger partial charge in [0.15, 0.2) is 0 Å². The summed E-state index contributed by atoms with van der Waals surface area (Å²) in [4.78, 5) is 15.4. The van der Waals surface area contributed by atoms with Crippen LogP contribution in [-0.2, 0) is 5.41 Å². The van der Waals surface area contributed by atoms with Gasteiger partial charge < -0.3 is 4.90 Å². The second kappa shape index (κ2) is 6.59. The lowest BCUT2D eigenvalue weighted by atomic mass is 9.65. The maximum atomic E-state index is 13.5. The summed E-state index contributed by atoms with van der Waals surface area (Å²) >= 11 is 0. The van der Waals surface area contributed by atoms with Crippen molar-refractivity contribution in [3.05, 3.63) is 101 Å². The lowest BCUT2D eigenvalue weighted by Crippen LogP contribution is -2.55. The van der Waals surface area contributed by atoms with Gasteiger partial charge in [0.05, 0.1) is 0 Å². The van der Waals surface area contributed by atoms with Crippen molar-refractivity contribution >= 4 is 11.6 Å². The molecule has 0 saturated carbocycles. The molecule has 0 bridgehead atoms. The number of para-hydroxylation sites is 1. The number of rotatable bonds is 2. The number of carbonyl (C=O) groups excluding carboxylic acids is 1. The highest BCUT2D eigenvalue weighted by Crippen LogP contribution is 2.50. The van der Waals surface area contributed by atoms with Gasteiger partial charge in [0.25, 0.3) is 5.91 Å². The third-order valence-corrected chi connectivity index (χ3v) is 5.84. The summed E-state index contributed by atoms with van der Waals surface area (Å²) in [5, 5.41) is 0. The van der Waals surface area contributed by atoms with Crippen molar-refractivity contribution in [1.82, 2.24) is 0 Å². The van der Waals surface area contributed by atoms with Crippen LogP contribution in [0.3, 0.4) is 0 Å². The van der Waals surface area contributed by atoms with Crippen LogP contribution in [0.4, 0.5) is 10.1 Å². The average molecular weight is 373 g/mol. The molecule has 4 rings (SSSR count). The zero-order valence-electron chi connectivity index (χ0n) is 16.4. The largest absolute Gasteiger partial charge is 0.302 e. The number of hydrogen-bond acceptors (Lipinski definition) is 1. The molecule has 1 aliphatic rings. The Morgan fingerprint density at radius 1 is 0.857 bits per heavy atom. The molecule has 0 spiro atoms. The smallest absolute Gasteiger partial charge is 0.258 e. The summed E-state index contributed by atoms with van der Waals surface area (Å²) in [7, 11) is 0. The number of anilines is 1. The lowest BCUT2D eigenvalue weighted by molar-refractivity contribution is 0.0948. The lowest BCUT2D eigenvalue weighted by Gasteiger charge is -2.51. The minimum absolute atomic E-state index is 0.000735. The van der Waals surface area contributed by atoms with Crippen molar-refractivity contribution in [2.24, 2.45) is 0 Å². The molecular weight excluding hydrogens is 349 g/mol. The highest BCUT2D eigenvalue weighted by molar-refractivity contribution is 6.08. The van der Waals surface area contributed by atoms with Crippen molar-refractivity contribution < 1.29 is 9.18 Å². The highest BCUT2D eigenvalue weighted by Gasteiger charge is 2.47. The van der Waals surface area contributed by atoms with Crippen LogP contribution in [0.15, 0.2) is 78.9 Å².